The number of hydrogen-bond acceptors (Lipinski definition) is 0. The van der Waals surface area contributed by atoms with Crippen molar-refractivity contribution < 1.29 is 0 Å². The molecule has 0 aliphatic rings. The van der Waals surface area contributed by atoms with Gasteiger partial charge in [-0.05, 0) is 193 Å². The summed E-state index contributed by atoms with van der Waals surface area (Å²) in [6, 6.07) is 159. The maximum absolute atomic E-state index is 2.44. The van der Waals surface area contributed by atoms with Crippen molar-refractivity contribution in [2.24, 2.45) is 0 Å². The maximum atomic E-state index is 2.44. The van der Waals surface area contributed by atoms with E-state index in [0.29, 0.717) is 0 Å². The van der Waals surface area contributed by atoms with Crippen molar-refractivity contribution in [2.45, 2.75) is 0 Å². The summed E-state index contributed by atoms with van der Waals surface area (Å²) in [6.45, 7) is 0. The van der Waals surface area contributed by atoms with Crippen LogP contribution < -0.4 is 0 Å². The fourth-order valence-corrected chi connectivity index (χ4v) is 17.4. The lowest BCUT2D eigenvalue weighted by molar-refractivity contribution is 1.18. The third-order valence-electron chi connectivity index (χ3n) is 22.7. The Bertz CT molecular complexity index is 7250. The highest BCUT2D eigenvalue weighted by Gasteiger charge is 2.22. The fourth-order valence-electron chi connectivity index (χ4n) is 17.4. The van der Waals surface area contributed by atoms with Crippen molar-refractivity contribution in [1.82, 2.24) is 18.3 Å². The molecule has 4 aromatic heterocycles. The summed E-state index contributed by atoms with van der Waals surface area (Å²) in [5.41, 5.74) is 33.6. The number of rotatable bonds is 12. The van der Waals surface area contributed by atoms with Gasteiger partial charge in [0.1, 0.15) is 0 Å². The van der Waals surface area contributed by atoms with E-state index in [2.05, 4.69) is 455 Å². The smallest absolute Gasteiger partial charge is 0.0541 e. The molecule has 0 N–H and O–H groups in total. The number of benzene rings is 18. The van der Waals surface area contributed by atoms with E-state index in [1.165, 1.54) is 188 Å². The zero-order chi connectivity index (χ0) is 74.0. The molecule has 524 valence electrons. The van der Waals surface area contributed by atoms with Gasteiger partial charge in [0.2, 0.25) is 0 Å². The van der Waals surface area contributed by atoms with Crippen molar-refractivity contribution in [3.63, 3.8) is 0 Å². The Morgan fingerprint density at radius 3 is 0.696 bits per heavy atom. The highest BCUT2D eigenvalue weighted by Crippen LogP contribution is 2.45. The molecular formula is C108H72N4. The van der Waals surface area contributed by atoms with Crippen LogP contribution in [0.3, 0.4) is 0 Å². The molecule has 0 radical (unpaired) electrons. The number of hydrogen-bond donors (Lipinski definition) is 0. The molecule has 112 heavy (non-hydrogen) atoms. The van der Waals surface area contributed by atoms with Crippen LogP contribution >= 0.6 is 0 Å². The van der Waals surface area contributed by atoms with E-state index in [1.807, 2.05) is 0 Å². The quantitative estimate of drug-likeness (QED) is 0.116. The zero-order valence-corrected chi connectivity index (χ0v) is 61.4. The topological polar surface area (TPSA) is 19.7 Å². The van der Waals surface area contributed by atoms with E-state index in [0.717, 1.165) is 11.4 Å². The molecule has 0 saturated heterocycles. The minimum Gasteiger partial charge on any atom is -0.309 e. The van der Waals surface area contributed by atoms with Gasteiger partial charge in [0.15, 0.2) is 0 Å². The molecule has 22 rings (SSSR count). The summed E-state index contributed by atoms with van der Waals surface area (Å²) in [5.74, 6) is 0. The molecule has 18 aromatic carbocycles. The molecule has 4 heteroatoms. The van der Waals surface area contributed by atoms with Crippen LogP contribution in [0.4, 0.5) is 0 Å². The van der Waals surface area contributed by atoms with Gasteiger partial charge >= 0.3 is 0 Å². The van der Waals surface area contributed by atoms with Gasteiger partial charge in [-0.1, -0.05) is 322 Å². The molecule has 0 aliphatic heterocycles. The third-order valence-corrected chi connectivity index (χ3v) is 22.7. The second kappa shape index (κ2) is 27.7. The summed E-state index contributed by atoms with van der Waals surface area (Å²) in [7, 11) is 0. The molecule has 0 aliphatic carbocycles. The van der Waals surface area contributed by atoms with Crippen molar-refractivity contribution in [3.8, 4) is 112 Å². The van der Waals surface area contributed by atoms with E-state index >= 15 is 0 Å². The van der Waals surface area contributed by atoms with Gasteiger partial charge in [-0.25, -0.2) is 0 Å². The first-order valence-electron chi connectivity index (χ1n) is 38.5. The van der Waals surface area contributed by atoms with E-state index < -0.39 is 0 Å². The molecule has 22 aromatic rings. The predicted molar refractivity (Wildman–Crippen MR) is 474 cm³/mol. The fraction of sp³-hybridized carbons (Fsp3) is 0. The van der Waals surface area contributed by atoms with Crippen LogP contribution in [-0.2, 0) is 0 Å². The van der Waals surface area contributed by atoms with Gasteiger partial charge in [-0.3, -0.25) is 0 Å². The van der Waals surface area contributed by atoms with Crippen LogP contribution in [-0.4, -0.2) is 18.3 Å². The van der Waals surface area contributed by atoms with Gasteiger partial charge in [-0.2, -0.15) is 0 Å². The number of nitrogens with zero attached hydrogens (tertiary/aromatic N) is 4. The Hall–Kier alpha value is -14.8. The summed E-state index contributed by atoms with van der Waals surface area (Å²) in [4.78, 5) is 0. The van der Waals surface area contributed by atoms with E-state index in [-0.39, 0.29) is 0 Å². The van der Waals surface area contributed by atoms with Crippen molar-refractivity contribution >= 4 is 87.2 Å². The summed E-state index contributed by atoms with van der Waals surface area (Å²) < 4.78 is 9.70. The minimum absolute atomic E-state index is 1.15. The normalized spacial score (nSPS) is 11.6. The van der Waals surface area contributed by atoms with Crippen molar-refractivity contribution in [3.05, 3.63) is 437 Å². The first-order valence-corrected chi connectivity index (χ1v) is 38.5. The predicted octanol–water partition coefficient (Wildman–Crippen LogP) is 29.1. The first-order chi connectivity index (χ1) is 55.6. The number of aromatic nitrogens is 4. The lowest BCUT2D eigenvalue weighted by atomic mass is 9.98. The van der Waals surface area contributed by atoms with E-state index in [1.54, 1.807) is 0 Å². The molecule has 0 spiro atoms. The largest absolute Gasteiger partial charge is 0.309 e. The Kier molecular flexibility index (Phi) is 16.2. The van der Waals surface area contributed by atoms with Gasteiger partial charge in [0.05, 0.1) is 55.5 Å². The first kappa shape index (κ1) is 65.5. The average molecular weight is 1430 g/mol. The van der Waals surface area contributed by atoms with Crippen LogP contribution in [0.2, 0.25) is 0 Å². The van der Waals surface area contributed by atoms with Gasteiger partial charge in [0, 0.05) is 65.6 Å². The van der Waals surface area contributed by atoms with Crippen LogP contribution in [0, 0.1) is 0 Å². The lowest BCUT2D eigenvalue weighted by Crippen LogP contribution is -1.97. The summed E-state index contributed by atoms with van der Waals surface area (Å²) in [6.07, 6.45) is 0. The van der Waals surface area contributed by atoms with E-state index in [4.69, 9.17) is 0 Å². The minimum atomic E-state index is 1.15. The van der Waals surface area contributed by atoms with E-state index in [9.17, 15) is 0 Å². The second-order valence-corrected chi connectivity index (χ2v) is 29.1. The van der Waals surface area contributed by atoms with Crippen LogP contribution in [0.15, 0.2) is 437 Å². The Balaban J connectivity index is 0.000000141. The Morgan fingerprint density at radius 2 is 0.348 bits per heavy atom. The zero-order valence-electron chi connectivity index (χ0n) is 61.4. The summed E-state index contributed by atoms with van der Waals surface area (Å²) in [5, 5.41) is 9.97. The van der Waals surface area contributed by atoms with Crippen LogP contribution in [0.5, 0.6) is 0 Å². The molecule has 0 atom stereocenters. The molecule has 4 heterocycles. The Labute approximate surface area is 649 Å². The monoisotopic (exact) mass is 1420 g/mol. The highest BCUT2D eigenvalue weighted by molar-refractivity contribution is 6.15. The van der Waals surface area contributed by atoms with Crippen molar-refractivity contribution in [2.75, 3.05) is 0 Å². The highest BCUT2D eigenvalue weighted by atomic mass is 15.0. The lowest BCUT2D eigenvalue weighted by Gasteiger charge is -2.14. The van der Waals surface area contributed by atoms with Gasteiger partial charge in [0.25, 0.3) is 0 Å². The Morgan fingerprint density at radius 1 is 0.116 bits per heavy atom. The molecular weight excluding hydrogens is 1350 g/mol. The molecule has 0 saturated carbocycles. The van der Waals surface area contributed by atoms with Crippen LogP contribution in [0.25, 0.3) is 199 Å². The molecule has 4 nitrogen and oxygen atoms in total. The molecule has 0 bridgehead atoms. The van der Waals surface area contributed by atoms with Crippen LogP contribution in [0.1, 0.15) is 0 Å². The standard InChI is InChI=1S/2C54H36N2/c1-4-16-37(17-5-1)42-32-43(38-18-6-2-7-19-38)34-44(33-42)55-51-26-14-11-23-46(51)48-35-40(28-30-53(48)55)41-29-31-54-49(36-41)47-24-12-15-27-52(47)56(54)50-25-13-10-22-45(50)39-20-8-3-9-21-39;1-3-13-37(14-4-1)38-23-25-39(26-24-38)40-27-31-44(32-28-40)55-51-21-11-8-18-46(51)48-35-42(29-33-53(48)55)43-30-34-54-49(36-43)47-19-9-12-22-52(47)56(54)50-20-10-7-17-45(50)41-15-5-2-6-16-41/h2*1-36H. The van der Waals surface area contributed by atoms with Crippen molar-refractivity contribution in [1.29, 1.82) is 0 Å². The number of fused-ring (bicyclic) bond motifs is 12. The molecule has 0 amide bonds. The third kappa shape index (κ3) is 11.5. The summed E-state index contributed by atoms with van der Waals surface area (Å²) >= 11 is 0. The van der Waals surface area contributed by atoms with Gasteiger partial charge in [-0.15, -0.1) is 0 Å². The SMILES string of the molecule is c1ccc(-c2cc(-c3ccccc3)cc(-n3c4ccccc4c4cc(-c5ccc6c(c5)c5ccccc5n6-c5ccccc5-c5ccccc5)ccc43)c2)cc1.c1ccc(-c2ccc(-c3ccc(-n4c5ccccc5c5cc(-c6ccc7c(c6)c6ccccc6n7-c6ccccc6-c6ccccc6)ccc54)cc3)cc2)cc1. The van der Waals surface area contributed by atoms with Gasteiger partial charge < -0.3 is 18.3 Å². The molecule has 0 unspecified atom stereocenters. The molecule has 0 fully saturated rings. The maximum Gasteiger partial charge on any atom is 0.0541 e. The number of para-hydroxylation sites is 6. The average Bonchev–Trinajstić information content (AvgIpc) is 1.59. The second-order valence-electron chi connectivity index (χ2n) is 29.1.